The van der Waals surface area contributed by atoms with Crippen molar-refractivity contribution in [3.63, 3.8) is 0 Å². The van der Waals surface area contributed by atoms with Crippen molar-refractivity contribution in [2.24, 2.45) is 11.1 Å². The molecule has 222 valence electrons. The van der Waals surface area contributed by atoms with E-state index in [1.165, 1.54) is 12.1 Å². The van der Waals surface area contributed by atoms with E-state index in [0.717, 1.165) is 35.9 Å². The number of aromatic nitrogens is 1. The van der Waals surface area contributed by atoms with Crippen molar-refractivity contribution in [2.75, 3.05) is 13.1 Å². The first-order valence-corrected chi connectivity index (χ1v) is 13.7. The van der Waals surface area contributed by atoms with Crippen LogP contribution in [0.3, 0.4) is 0 Å². The van der Waals surface area contributed by atoms with Crippen LogP contribution in [0.2, 0.25) is 0 Å². The molecular weight excluding hydrogens is 549 g/mol. The monoisotopic (exact) mass is 583 g/mol. The number of benzene rings is 3. The third-order valence-corrected chi connectivity index (χ3v) is 7.10. The molecule has 0 aliphatic carbocycles. The maximum absolute atomic E-state index is 14.9. The Balaban J connectivity index is 1.87. The van der Waals surface area contributed by atoms with Crippen LogP contribution in [-0.2, 0) is 12.7 Å². The minimum absolute atomic E-state index is 0.0818. The molecule has 0 aliphatic rings. The second-order valence-electron chi connectivity index (χ2n) is 11.4. The molecule has 2 N–H and O–H groups in total. The minimum Gasteiger partial charge on any atom is -0.344 e. The lowest BCUT2D eigenvalue weighted by molar-refractivity contribution is -0.137. The van der Waals surface area contributed by atoms with Gasteiger partial charge in [0.2, 0.25) is 0 Å². The molecule has 0 spiro atoms. The van der Waals surface area contributed by atoms with Crippen molar-refractivity contribution < 1.29 is 26.7 Å². The zero-order valence-electron chi connectivity index (χ0n) is 23.8. The summed E-state index contributed by atoms with van der Waals surface area (Å²) in [6.07, 6.45) is -2.35. The predicted molar refractivity (Wildman–Crippen MR) is 154 cm³/mol. The lowest BCUT2D eigenvalue weighted by atomic mass is 9.82. The highest BCUT2D eigenvalue weighted by Gasteiger charge is 2.38. The van der Waals surface area contributed by atoms with Crippen LogP contribution < -0.4 is 5.73 Å². The van der Waals surface area contributed by atoms with Crippen LogP contribution in [-0.4, -0.2) is 28.5 Å². The van der Waals surface area contributed by atoms with Crippen LogP contribution in [0.15, 0.2) is 85.1 Å². The summed E-state index contributed by atoms with van der Waals surface area (Å²) < 4.78 is 70.6. The van der Waals surface area contributed by atoms with Crippen molar-refractivity contribution in [1.29, 1.82) is 0 Å². The van der Waals surface area contributed by atoms with E-state index >= 15 is 0 Å². The lowest BCUT2D eigenvalue weighted by Gasteiger charge is -2.41. The smallest absolute Gasteiger partial charge is 0.344 e. The van der Waals surface area contributed by atoms with E-state index in [2.05, 4.69) is 0 Å². The Morgan fingerprint density at radius 2 is 1.60 bits per heavy atom. The summed E-state index contributed by atoms with van der Waals surface area (Å²) in [6.45, 7) is 6.77. The van der Waals surface area contributed by atoms with Crippen LogP contribution in [0, 0.1) is 17.0 Å². The standard InChI is InChI=1S/C33H34F5N3O/c1-32(2,3)30(41(17-7-16-39)31(42)23-10-12-25(13-11-23)33(36,37)38)29-18-24(27-19-26(34)14-15-28(27)35)21-40(29)20-22-8-5-4-6-9-22/h4-6,8-15,18-19,21,30H,7,16-17,20,39H2,1-3H3/t30-/m0/s1. The van der Waals surface area contributed by atoms with Gasteiger partial charge in [-0.2, -0.15) is 13.2 Å². The van der Waals surface area contributed by atoms with Crippen LogP contribution in [0.1, 0.15) is 60.4 Å². The maximum Gasteiger partial charge on any atom is 0.416 e. The van der Waals surface area contributed by atoms with E-state index in [9.17, 15) is 26.7 Å². The van der Waals surface area contributed by atoms with Gasteiger partial charge in [-0.05, 0) is 72.5 Å². The molecule has 1 atom stereocenters. The quantitative estimate of drug-likeness (QED) is 0.203. The average Bonchev–Trinajstić information content (AvgIpc) is 3.33. The van der Waals surface area contributed by atoms with Gasteiger partial charge in [0.25, 0.3) is 5.91 Å². The van der Waals surface area contributed by atoms with Gasteiger partial charge in [0.05, 0.1) is 11.6 Å². The Labute approximate surface area is 242 Å². The highest BCUT2D eigenvalue weighted by molar-refractivity contribution is 5.94. The molecule has 9 heteroatoms. The van der Waals surface area contributed by atoms with Gasteiger partial charge in [-0.1, -0.05) is 51.1 Å². The molecule has 4 aromatic rings. The summed E-state index contributed by atoms with van der Waals surface area (Å²) in [5.41, 5.74) is 6.64. The van der Waals surface area contributed by atoms with Crippen LogP contribution in [0.5, 0.6) is 0 Å². The summed E-state index contributed by atoms with van der Waals surface area (Å²) in [5.74, 6) is -1.63. The number of carbonyl (C=O) groups excluding carboxylic acids is 1. The van der Waals surface area contributed by atoms with Crippen molar-refractivity contribution in [1.82, 2.24) is 9.47 Å². The summed E-state index contributed by atoms with van der Waals surface area (Å²) in [7, 11) is 0. The normalized spacial score (nSPS) is 12.8. The van der Waals surface area contributed by atoms with E-state index < -0.39 is 40.7 Å². The fourth-order valence-corrected chi connectivity index (χ4v) is 5.19. The van der Waals surface area contributed by atoms with Gasteiger partial charge in [-0.15, -0.1) is 0 Å². The second-order valence-corrected chi connectivity index (χ2v) is 11.4. The number of halogens is 5. The molecule has 1 heterocycles. The van der Waals surface area contributed by atoms with Crippen LogP contribution >= 0.6 is 0 Å². The van der Waals surface area contributed by atoms with E-state index in [0.29, 0.717) is 30.8 Å². The number of carbonyl (C=O) groups is 1. The van der Waals surface area contributed by atoms with Gasteiger partial charge >= 0.3 is 6.18 Å². The van der Waals surface area contributed by atoms with Gasteiger partial charge in [0, 0.05) is 41.7 Å². The number of amides is 1. The Morgan fingerprint density at radius 1 is 0.929 bits per heavy atom. The molecule has 3 aromatic carbocycles. The molecule has 0 saturated carbocycles. The summed E-state index contributed by atoms with van der Waals surface area (Å²) in [6, 6.07) is 18.1. The molecule has 42 heavy (non-hydrogen) atoms. The van der Waals surface area contributed by atoms with Crippen LogP contribution in [0.25, 0.3) is 11.1 Å². The number of hydrogen-bond acceptors (Lipinski definition) is 2. The molecule has 0 saturated heterocycles. The molecule has 0 unspecified atom stereocenters. The van der Waals surface area contributed by atoms with E-state index in [1.807, 2.05) is 55.7 Å². The SMILES string of the molecule is CC(C)(C)[C@H](c1cc(-c2cc(F)ccc2F)cn1Cc1ccccc1)N(CCCN)C(=O)c1ccc(C(F)(F)F)cc1. The third kappa shape index (κ3) is 7.07. The fraction of sp³-hybridized carbons (Fsp3) is 0.303. The summed E-state index contributed by atoms with van der Waals surface area (Å²) >= 11 is 0. The van der Waals surface area contributed by atoms with Gasteiger partial charge < -0.3 is 15.2 Å². The lowest BCUT2D eigenvalue weighted by Crippen LogP contribution is -2.43. The summed E-state index contributed by atoms with van der Waals surface area (Å²) in [4.78, 5) is 15.6. The van der Waals surface area contributed by atoms with Crippen molar-refractivity contribution >= 4 is 5.91 Å². The third-order valence-electron chi connectivity index (χ3n) is 7.10. The van der Waals surface area contributed by atoms with Crippen molar-refractivity contribution in [3.05, 3.63) is 119 Å². The second kappa shape index (κ2) is 12.5. The zero-order valence-corrected chi connectivity index (χ0v) is 23.8. The molecule has 4 nitrogen and oxygen atoms in total. The highest BCUT2D eigenvalue weighted by atomic mass is 19.4. The van der Waals surface area contributed by atoms with Crippen molar-refractivity contribution in [3.8, 4) is 11.1 Å². The first kappa shape index (κ1) is 31.0. The number of alkyl halides is 3. The van der Waals surface area contributed by atoms with Gasteiger partial charge in [0.15, 0.2) is 0 Å². The van der Waals surface area contributed by atoms with Crippen LogP contribution in [0.4, 0.5) is 22.0 Å². The molecule has 1 amide bonds. The van der Waals surface area contributed by atoms with Gasteiger partial charge in [-0.25, -0.2) is 8.78 Å². The zero-order chi connectivity index (χ0) is 30.7. The number of nitrogens with two attached hydrogens (primary N) is 1. The topological polar surface area (TPSA) is 51.3 Å². The Kier molecular flexibility index (Phi) is 9.21. The summed E-state index contributed by atoms with van der Waals surface area (Å²) in [5, 5.41) is 0. The van der Waals surface area contributed by atoms with E-state index in [-0.39, 0.29) is 17.7 Å². The molecule has 0 radical (unpaired) electrons. The fourth-order valence-electron chi connectivity index (χ4n) is 5.19. The van der Waals surface area contributed by atoms with E-state index in [4.69, 9.17) is 5.73 Å². The Hall–Kier alpha value is -3.98. The number of rotatable bonds is 9. The molecule has 4 rings (SSSR count). The molecule has 0 fully saturated rings. The maximum atomic E-state index is 14.9. The number of nitrogens with zero attached hydrogens (tertiary/aromatic N) is 2. The van der Waals surface area contributed by atoms with Gasteiger partial charge in [0.1, 0.15) is 11.6 Å². The minimum atomic E-state index is -4.53. The molecular formula is C33H34F5N3O. The molecule has 1 aromatic heterocycles. The molecule has 0 aliphatic heterocycles. The molecule has 0 bridgehead atoms. The largest absolute Gasteiger partial charge is 0.416 e. The predicted octanol–water partition coefficient (Wildman–Crippen LogP) is 8.08. The highest BCUT2D eigenvalue weighted by Crippen LogP contribution is 2.42. The van der Waals surface area contributed by atoms with Gasteiger partial charge in [-0.3, -0.25) is 4.79 Å². The Morgan fingerprint density at radius 3 is 2.19 bits per heavy atom. The Bertz CT molecular complexity index is 1510. The first-order chi connectivity index (χ1) is 19.8. The number of hydrogen-bond donors (Lipinski definition) is 1. The van der Waals surface area contributed by atoms with E-state index in [1.54, 1.807) is 17.2 Å². The average molecular weight is 584 g/mol. The van der Waals surface area contributed by atoms with Crippen molar-refractivity contribution in [2.45, 2.75) is 46.0 Å². The first-order valence-electron chi connectivity index (χ1n) is 13.7.